The fourth-order valence-electron chi connectivity index (χ4n) is 2.06. The summed E-state index contributed by atoms with van der Waals surface area (Å²) in [6, 6.07) is 0. The van der Waals surface area contributed by atoms with Gasteiger partial charge in [0.05, 0.1) is 6.20 Å². The van der Waals surface area contributed by atoms with Crippen LogP contribution in [0, 0.1) is 0 Å². The molecule has 1 aliphatic heterocycles. The number of rotatable bonds is 5. The number of nitrogens with zero attached hydrogens (tertiary/aromatic N) is 3. The first-order valence-electron chi connectivity index (χ1n) is 5.75. The molecule has 0 N–H and O–H groups in total. The minimum Gasteiger partial charge on any atom is -0.303 e. The van der Waals surface area contributed by atoms with Crippen molar-refractivity contribution in [3.8, 4) is 0 Å². The normalized spacial score (nSPS) is 17.7. The Balaban J connectivity index is 1.81. The third-order valence-corrected chi connectivity index (χ3v) is 4.26. The zero-order chi connectivity index (χ0) is 12.3. The van der Waals surface area contributed by atoms with E-state index in [-0.39, 0.29) is 4.90 Å². The molecule has 0 amide bonds. The van der Waals surface area contributed by atoms with Crippen LogP contribution in [0.5, 0.6) is 0 Å². The van der Waals surface area contributed by atoms with Crippen LogP contribution in [-0.2, 0) is 15.6 Å². The van der Waals surface area contributed by atoms with Gasteiger partial charge in [-0.2, -0.15) is 5.10 Å². The van der Waals surface area contributed by atoms with E-state index in [0.717, 1.165) is 19.5 Å². The van der Waals surface area contributed by atoms with Crippen molar-refractivity contribution in [1.82, 2.24) is 14.7 Å². The van der Waals surface area contributed by atoms with E-state index in [9.17, 15) is 8.42 Å². The molecule has 1 fully saturated rings. The Morgan fingerprint density at radius 2 is 2.00 bits per heavy atom. The molecule has 2 heterocycles. The van der Waals surface area contributed by atoms with Crippen molar-refractivity contribution in [2.45, 2.75) is 30.7 Å². The summed E-state index contributed by atoms with van der Waals surface area (Å²) in [6.07, 6.45) is 6.32. The van der Waals surface area contributed by atoms with Crippen LogP contribution in [0.4, 0.5) is 0 Å². The molecule has 96 valence electrons. The Bertz CT molecular complexity index is 466. The molecule has 1 aromatic heterocycles. The molecule has 0 aromatic carbocycles. The van der Waals surface area contributed by atoms with Crippen molar-refractivity contribution in [1.29, 1.82) is 0 Å². The van der Waals surface area contributed by atoms with E-state index >= 15 is 0 Å². The molecule has 1 aromatic rings. The SMILES string of the molecule is O=S(=O)(Cl)c1cnn(CCCN2CCCC2)c1. The summed E-state index contributed by atoms with van der Waals surface area (Å²) < 4.78 is 23.7. The van der Waals surface area contributed by atoms with E-state index in [4.69, 9.17) is 10.7 Å². The second kappa shape index (κ2) is 5.37. The number of hydrogen-bond acceptors (Lipinski definition) is 4. The van der Waals surface area contributed by atoms with E-state index in [2.05, 4.69) is 10.00 Å². The van der Waals surface area contributed by atoms with Gasteiger partial charge in [0, 0.05) is 23.4 Å². The number of likely N-dealkylation sites (tertiary alicyclic amines) is 1. The smallest absolute Gasteiger partial charge is 0.264 e. The summed E-state index contributed by atoms with van der Waals surface area (Å²) in [5.74, 6) is 0. The summed E-state index contributed by atoms with van der Waals surface area (Å²) in [6.45, 7) is 4.13. The number of hydrogen-bond donors (Lipinski definition) is 0. The first-order chi connectivity index (χ1) is 8.05. The molecular formula is C10H16ClN3O2S. The van der Waals surface area contributed by atoms with Gasteiger partial charge < -0.3 is 4.90 Å². The summed E-state index contributed by atoms with van der Waals surface area (Å²) >= 11 is 0. The number of aromatic nitrogens is 2. The first kappa shape index (κ1) is 12.9. The summed E-state index contributed by atoms with van der Waals surface area (Å²) in [7, 11) is 1.58. The lowest BCUT2D eigenvalue weighted by Crippen LogP contribution is -2.21. The Morgan fingerprint density at radius 1 is 1.29 bits per heavy atom. The second-order valence-electron chi connectivity index (χ2n) is 4.28. The molecule has 0 saturated carbocycles. The van der Waals surface area contributed by atoms with Gasteiger partial charge in [-0.05, 0) is 38.9 Å². The minimum atomic E-state index is -3.64. The maximum absolute atomic E-state index is 11.0. The molecule has 5 nitrogen and oxygen atoms in total. The van der Waals surface area contributed by atoms with Gasteiger partial charge in [0.1, 0.15) is 4.90 Å². The van der Waals surface area contributed by atoms with Crippen molar-refractivity contribution in [2.24, 2.45) is 0 Å². The molecule has 2 rings (SSSR count). The summed E-state index contributed by atoms with van der Waals surface area (Å²) in [5, 5.41) is 3.98. The number of aryl methyl sites for hydroxylation is 1. The average molecular weight is 278 g/mol. The van der Waals surface area contributed by atoms with E-state index < -0.39 is 9.05 Å². The fraction of sp³-hybridized carbons (Fsp3) is 0.700. The van der Waals surface area contributed by atoms with Crippen LogP contribution in [0.1, 0.15) is 19.3 Å². The Morgan fingerprint density at radius 3 is 2.59 bits per heavy atom. The van der Waals surface area contributed by atoms with Crippen molar-refractivity contribution in [3.63, 3.8) is 0 Å². The first-order valence-corrected chi connectivity index (χ1v) is 8.06. The van der Waals surface area contributed by atoms with Crippen LogP contribution in [0.25, 0.3) is 0 Å². The highest BCUT2D eigenvalue weighted by Crippen LogP contribution is 2.13. The predicted octanol–water partition coefficient (Wildman–Crippen LogP) is 1.30. The van der Waals surface area contributed by atoms with E-state index in [1.165, 1.54) is 38.3 Å². The monoisotopic (exact) mass is 277 g/mol. The lowest BCUT2D eigenvalue weighted by atomic mass is 10.4. The van der Waals surface area contributed by atoms with Crippen molar-refractivity contribution in [3.05, 3.63) is 12.4 Å². The summed E-state index contributed by atoms with van der Waals surface area (Å²) in [4.78, 5) is 2.49. The average Bonchev–Trinajstić information content (AvgIpc) is 2.86. The molecule has 1 aliphatic rings. The standard InChI is InChI=1S/C10H16ClN3O2S/c11-17(15,16)10-8-12-14(9-10)7-3-6-13-4-1-2-5-13/h8-9H,1-7H2. The highest BCUT2D eigenvalue weighted by molar-refractivity contribution is 8.13. The highest BCUT2D eigenvalue weighted by Gasteiger charge is 2.13. The molecule has 0 unspecified atom stereocenters. The zero-order valence-corrected chi connectivity index (χ0v) is 11.1. The van der Waals surface area contributed by atoms with E-state index in [1.54, 1.807) is 4.68 Å². The van der Waals surface area contributed by atoms with Gasteiger partial charge in [0.2, 0.25) is 0 Å². The van der Waals surface area contributed by atoms with Crippen LogP contribution in [0.15, 0.2) is 17.3 Å². The maximum Gasteiger partial charge on any atom is 0.264 e. The van der Waals surface area contributed by atoms with Crippen LogP contribution < -0.4 is 0 Å². The Kier molecular flexibility index (Phi) is 4.06. The van der Waals surface area contributed by atoms with Crippen LogP contribution in [0.2, 0.25) is 0 Å². The lowest BCUT2D eigenvalue weighted by Gasteiger charge is -2.13. The van der Waals surface area contributed by atoms with Crippen LogP contribution in [-0.4, -0.2) is 42.7 Å². The van der Waals surface area contributed by atoms with Gasteiger partial charge in [0.15, 0.2) is 0 Å². The minimum absolute atomic E-state index is 0.0698. The van der Waals surface area contributed by atoms with Crippen molar-refractivity contribution in [2.75, 3.05) is 19.6 Å². The third kappa shape index (κ3) is 3.69. The number of halogens is 1. The van der Waals surface area contributed by atoms with Crippen LogP contribution in [0.3, 0.4) is 0 Å². The molecule has 0 atom stereocenters. The highest BCUT2D eigenvalue weighted by atomic mass is 35.7. The summed E-state index contributed by atoms with van der Waals surface area (Å²) in [5.41, 5.74) is 0. The molecule has 0 bridgehead atoms. The Hall–Kier alpha value is -0.590. The molecule has 7 heteroatoms. The quantitative estimate of drug-likeness (QED) is 0.761. The van der Waals surface area contributed by atoms with E-state index in [1.807, 2.05) is 0 Å². The predicted molar refractivity (Wildman–Crippen MR) is 65.6 cm³/mol. The van der Waals surface area contributed by atoms with Gasteiger partial charge in [-0.3, -0.25) is 4.68 Å². The maximum atomic E-state index is 11.0. The second-order valence-corrected chi connectivity index (χ2v) is 6.85. The van der Waals surface area contributed by atoms with Gasteiger partial charge >= 0.3 is 0 Å². The van der Waals surface area contributed by atoms with Gasteiger partial charge in [-0.1, -0.05) is 0 Å². The molecule has 0 radical (unpaired) electrons. The topological polar surface area (TPSA) is 55.2 Å². The third-order valence-electron chi connectivity index (χ3n) is 2.95. The van der Waals surface area contributed by atoms with Crippen molar-refractivity contribution >= 4 is 19.7 Å². The molecule has 1 saturated heterocycles. The lowest BCUT2D eigenvalue weighted by molar-refractivity contribution is 0.322. The largest absolute Gasteiger partial charge is 0.303 e. The van der Waals surface area contributed by atoms with E-state index in [0.29, 0.717) is 0 Å². The molecule has 17 heavy (non-hydrogen) atoms. The van der Waals surface area contributed by atoms with Gasteiger partial charge in [0.25, 0.3) is 9.05 Å². The van der Waals surface area contributed by atoms with Crippen molar-refractivity contribution < 1.29 is 8.42 Å². The Labute approximate surface area is 106 Å². The van der Waals surface area contributed by atoms with Gasteiger partial charge in [-0.15, -0.1) is 0 Å². The molecular weight excluding hydrogens is 262 g/mol. The zero-order valence-electron chi connectivity index (χ0n) is 9.55. The van der Waals surface area contributed by atoms with Crippen LogP contribution >= 0.6 is 10.7 Å². The van der Waals surface area contributed by atoms with Gasteiger partial charge in [-0.25, -0.2) is 8.42 Å². The fourth-order valence-corrected chi connectivity index (χ4v) is 2.72. The molecule has 0 spiro atoms. The molecule has 0 aliphatic carbocycles.